The molecule has 3 saturated heterocycles. The van der Waals surface area contributed by atoms with Crippen molar-refractivity contribution in [2.24, 2.45) is 5.92 Å². The first-order valence-corrected chi connectivity index (χ1v) is 15.5. The lowest BCUT2D eigenvalue weighted by molar-refractivity contribution is -0.137. The summed E-state index contributed by atoms with van der Waals surface area (Å²) in [5.74, 6) is -2.34. The highest BCUT2D eigenvalue weighted by Crippen LogP contribution is 2.47. The number of fused-ring (bicyclic) bond motifs is 2. The number of likely N-dealkylation sites (tertiary alicyclic amines) is 2. The number of hydrogen-bond donors (Lipinski definition) is 0. The Balaban J connectivity index is 1.10. The van der Waals surface area contributed by atoms with Gasteiger partial charge in [-0.15, -0.1) is 5.10 Å². The molecule has 12 heteroatoms. The van der Waals surface area contributed by atoms with Crippen LogP contribution < -0.4 is 0 Å². The van der Waals surface area contributed by atoms with Gasteiger partial charge in [0.05, 0.1) is 23.8 Å². The molecule has 43 heavy (non-hydrogen) atoms. The summed E-state index contributed by atoms with van der Waals surface area (Å²) in [6, 6.07) is 7.05. The van der Waals surface area contributed by atoms with Crippen LogP contribution in [0.1, 0.15) is 73.6 Å². The molecule has 4 aliphatic rings. The molecule has 4 fully saturated rings. The van der Waals surface area contributed by atoms with E-state index >= 15 is 4.39 Å². The smallest absolute Gasteiger partial charge is 0.226 e. The molecule has 1 saturated carbocycles. The summed E-state index contributed by atoms with van der Waals surface area (Å²) in [7, 11) is 0. The molecule has 1 aliphatic carbocycles. The Morgan fingerprint density at radius 2 is 1.84 bits per heavy atom. The van der Waals surface area contributed by atoms with Gasteiger partial charge in [-0.25, -0.2) is 17.9 Å². The summed E-state index contributed by atoms with van der Waals surface area (Å²) in [4.78, 5) is 18.5. The van der Waals surface area contributed by atoms with Gasteiger partial charge in [0.1, 0.15) is 23.8 Å². The summed E-state index contributed by atoms with van der Waals surface area (Å²) in [6.07, 6.45) is 5.39. The average Bonchev–Trinajstić information content (AvgIpc) is 3.83. The third kappa shape index (κ3) is 5.33. The van der Waals surface area contributed by atoms with Crippen molar-refractivity contribution in [2.45, 2.75) is 75.1 Å². The standard InChI is InChI=1S/C31H34ClF3N6O2/c1-17(41-16-36-37-38-41)24-13-30(35)28(32)12-25(24)18-4-6-39(7-5-18)31(42)27-11-20(40-14-22-9-21(40)15-43-22)10-26(27)23-3-2-19(33)8-29(23)34/h2-3,8,12-13,16-18,20-22,26-27H,4-7,9-11,14-15H2,1H3/t17-,20?,21-,22-,26?,27?/m1/s1. The van der Waals surface area contributed by atoms with Crippen LogP contribution in [0, 0.1) is 23.4 Å². The van der Waals surface area contributed by atoms with Crippen LogP contribution >= 0.6 is 11.6 Å². The first-order valence-electron chi connectivity index (χ1n) is 15.1. The highest BCUT2D eigenvalue weighted by Gasteiger charge is 2.49. The largest absolute Gasteiger partial charge is 0.375 e. The lowest BCUT2D eigenvalue weighted by Gasteiger charge is -2.36. The van der Waals surface area contributed by atoms with E-state index in [1.54, 1.807) is 10.7 Å². The highest BCUT2D eigenvalue weighted by atomic mass is 35.5. The van der Waals surface area contributed by atoms with E-state index in [1.807, 2.05) is 11.8 Å². The number of piperidine rings is 1. The summed E-state index contributed by atoms with van der Waals surface area (Å²) >= 11 is 6.23. The number of rotatable bonds is 6. The minimum absolute atomic E-state index is 0.0229. The molecular formula is C31H34ClF3N6O2. The number of benzene rings is 2. The maximum atomic E-state index is 15.1. The van der Waals surface area contributed by atoms with Crippen LogP contribution in [0.25, 0.3) is 0 Å². The van der Waals surface area contributed by atoms with Gasteiger partial charge in [-0.3, -0.25) is 9.69 Å². The minimum atomic E-state index is -0.621. The number of ether oxygens (including phenoxy) is 1. The lowest BCUT2D eigenvalue weighted by atomic mass is 9.83. The number of tetrazole rings is 1. The Hall–Kier alpha value is -3.02. The molecule has 7 rings (SSSR count). The number of carbonyl (C=O) groups is 1. The van der Waals surface area contributed by atoms with Crippen molar-refractivity contribution in [3.8, 4) is 0 Å². The van der Waals surface area contributed by atoms with Crippen molar-refractivity contribution >= 4 is 17.5 Å². The highest BCUT2D eigenvalue weighted by molar-refractivity contribution is 6.30. The van der Waals surface area contributed by atoms with Crippen molar-refractivity contribution in [3.63, 3.8) is 0 Å². The van der Waals surface area contributed by atoms with E-state index in [9.17, 15) is 13.6 Å². The molecule has 4 heterocycles. The summed E-state index contributed by atoms with van der Waals surface area (Å²) in [6.45, 7) is 4.50. The van der Waals surface area contributed by atoms with Crippen LogP contribution in [-0.2, 0) is 9.53 Å². The zero-order valence-corrected chi connectivity index (χ0v) is 24.6. The predicted octanol–water partition coefficient (Wildman–Crippen LogP) is 5.09. The third-order valence-corrected chi connectivity index (χ3v) is 10.5. The van der Waals surface area contributed by atoms with Gasteiger partial charge < -0.3 is 9.64 Å². The predicted molar refractivity (Wildman–Crippen MR) is 152 cm³/mol. The SMILES string of the molecule is C[C@H](c1cc(F)c(Cl)cc1C1CCN(C(=O)C2CC(N3C[C@H]4C[C@@H]3CO4)CC2c2ccc(F)cc2F)CC1)n1cnnn1. The Morgan fingerprint density at radius 1 is 1.02 bits per heavy atom. The normalized spacial score (nSPS) is 28.6. The summed E-state index contributed by atoms with van der Waals surface area (Å²) in [5.41, 5.74) is 2.10. The second kappa shape index (κ2) is 11.5. The first kappa shape index (κ1) is 28.7. The van der Waals surface area contributed by atoms with Gasteiger partial charge in [0.15, 0.2) is 0 Å². The van der Waals surface area contributed by atoms with Gasteiger partial charge in [-0.1, -0.05) is 17.7 Å². The van der Waals surface area contributed by atoms with Gasteiger partial charge in [0, 0.05) is 43.7 Å². The average molecular weight is 615 g/mol. The zero-order valence-electron chi connectivity index (χ0n) is 23.9. The van der Waals surface area contributed by atoms with Crippen LogP contribution in [0.2, 0.25) is 5.02 Å². The van der Waals surface area contributed by atoms with Gasteiger partial charge in [-0.2, -0.15) is 0 Å². The molecule has 1 amide bonds. The van der Waals surface area contributed by atoms with E-state index in [-0.39, 0.29) is 41.0 Å². The van der Waals surface area contributed by atoms with E-state index in [4.69, 9.17) is 16.3 Å². The Morgan fingerprint density at radius 3 is 2.51 bits per heavy atom. The summed E-state index contributed by atoms with van der Waals surface area (Å²) < 4.78 is 50.9. The quantitative estimate of drug-likeness (QED) is 0.385. The van der Waals surface area contributed by atoms with Crippen LogP contribution in [0.3, 0.4) is 0 Å². The van der Waals surface area contributed by atoms with Crippen molar-refractivity contribution < 1.29 is 22.7 Å². The van der Waals surface area contributed by atoms with Crippen molar-refractivity contribution in [3.05, 3.63) is 75.8 Å². The number of morpholine rings is 1. The van der Waals surface area contributed by atoms with E-state index in [1.165, 1.54) is 24.5 Å². The minimum Gasteiger partial charge on any atom is -0.375 e. The molecule has 0 N–H and O–H groups in total. The molecule has 3 aliphatic heterocycles. The number of aromatic nitrogens is 4. The van der Waals surface area contributed by atoms with E-state index in [0.717, 1.165) is 30.2 Å². The fraction of sp³-hybridized carbons (Fsp3) is 0.548. The van der Waals surface area contributed by atoms with Crippen molar-refractivity contribution in [2.75, 3.05) is 26.2 Å². The van der Waals surface area contributed by atoms with Crippen LogP contribution in [0.4, 0.5) is 13.2 Å². The fourth-order valence-corrected chi connectivity index (χ4v) is 8.18. The molecule has 0 radical (unpaired) electrons. The molecule has 6 atom stereocenters. The molecular weight excluding hydrogens is 581 g/mol. The number of nitrogens with zero attached hydrogens (tertiary/aromatic N) is 6. The molecule has 228 valence electrons. The lowest BCUT2D eigenvalue weighted by Crippen LogP contribution is -2.44. The second-order valence-corrected chi connectivity index (χ2v) is 12.9. The van der Waals surface area contributed by atoms with E-state index < -0.39 is 23.4 Å². The van der Waals surface area contributed by atoms with Gasteiger partial charge in [0.25, 0.3) is 0 Å². The Kier molecular flexibility index (Phi) is 7.67. The van der Waals surface area contributed by atoms with Crippen LogP contribution in [0.15, 0.2) is 36.7 Å². The monoisotopic (exact) mass is 614 g/mol. The molecule has 1 aromatic heterocycles. The van der Waals surface area contributed by atoms with Gasteiger partial charge in [-0.05, 0) is 96.2 Å². The third-order valence-electron chi connectivity index (χ3n) is 10.2. The molecule has 2 bridgehead atoms. The molecule has 8 nitrogen and oxygen atoms in total. The molecule has 2 aromatic carbocycles. The second-order valence-electron chi connectivity index (χ2n) is 12.5. The summed E-state index contributed by atoms with van der Waals surface area (Å²) in [5, 5.41) is 11.5. The number of amides is 1. The van der Waals surface area contributed by atoms with Crippen molar-refractivity contribution in [1.82, 2.24) is 30.0 Å². The molecule has 0 spiro atoms. The van der Waals surface area contributed by atoms with Crippen molar-refractivity contribution in [1.29, 1.82) is 0 Å². The Labute approximate surface area is 253 Å². The Bertz CT molecular complexity index is 1500. The molecule has 3 unspecified atom stereocenters. The fourth-order valence-electron chi connectivity index (χ4n) is 8.00. The number of halogens is 4. The number of carbonyl (C=O) groups excluding carboxylic acids is 1. The number of hydrogen-bond acceptors (Lipinski definition) is 6. The van der Waals surface area contributed by atoms with E-state index in [0.29, 0.717) is 57.0 Å². The first-order chi connectivity index (χ1) is 20.8. The van der Waals surface area contributed by atoms with E-state index in [2.05, 4.69) is 20.4 Å². The molecule has 3 aromatic rings. The zero-order chi connectivity index (χ0) is 29.8. The van der Waals surface area contributed by atoms with Crippen LogP contribution in [0.5, 0.6) is 0 Å². The maximum absolute atomic E-state index is 15.1. The van der Waals surface area contributed by atoms with Gasteiger partial charge >= 0.3 is 0 Å². The maximum Gasteiger partial charge on any atom is 0.226 e. The van der Waals surface area contributed by atoms with Gasteiger partial charge in [0.2, 0.25) is 5.91 Å². The topological polar surface area (TPSA) is 76.4 Å². The van der Waals surface area contributed by atoms with Crippen LogP contribution in [-0.4, -0.2) is 80.3 Å².